The molecule has 2 saturated heterocycles. The Labute approximate surface area is 315 Å². The maximum atomic E-state index is 12.6. The molecule has 0 atom stereocenters. The van der Waals surface area contributed by atoms with Crippen LogP contribution in [0.5, 0.6) is 5.75 Å². The molecule has 15 heteroatoms. The van der Waals surface area contributed by atoms with Crippen LogP contribution < -0.4 is 25.2 Å². The molecule has 4 heterocycles. The number of aromatic nitrogens is 2. The van der Waals surface area contributed by atoms with Gasteiger partial charge in [0.2, 0.25) is 0 Å². The predicted octanol–water partition coefficient (Wildman–Crippen LogP) is 6.20. The van der Waals surface area contributed by atoms with Crippen LogP contribution in [0, 0.1) is 19.7 Å². The van der Waals surface area contributed by atoms with Crippen LogP contribution in [0.4, 0.5) is 25.6 Å². The molecule has 2 aromatic heterocycles. The number of halogens is 1. The number of anilines is 2. The van der Waals surface area contributed by atoms with Gasteiger partial charge in [0.15, 0.2) is 0 Å². The van der Waals surface area contributed by atoms with E-state index in [4.69, 9.17) is 9.84 Å². The van der Waals surface area contributed by atoms with Gasteiger partial charge in [0.1, 0.15) is 29.8 Å². The van der Waals surface area contributed by atoms with Crippen LogP contribution in [0.3, 0.4) is 0 Å². The SMILES string of the molecule is Cc1ccc(N(C)CCO)nc1.Cc1ccc(N(C)CCOc2ccc(/C=C3\SC(=O)NC3=O)cc2)nc1.O=C1NC(=O)/C(=C/c2ccc(F)cc2)S1. The first-order valence-corrected chi connectivity index (χ1v) is 17.9. The highest BCUT2D eigenvalue weighted by Gasteiger charge is 2.25. The molecule has 2 aliphatic rings. The molecule has 2 fully saturated rings. The largest absolute Gasteiger partial charge is 0.492 e. The first-order valence-electron chi connectivity index (χ1n) is 16.3. The second kappa shape index (κ2) is 19.9. The number of benzene rings is 2. The van der Waals surface area contributed by atoms with Gasteiger partial charge in [0.25, 0.3) is 22.3 Å². The summed E-state index contributed by atoms with van der Waals surface area (Å²) in [6.45, 7) is 6.03. The number of ether oxygens (including phenoxy) is 1. The summed E-state index contributed by atoms with van der Waals surface area (Å²) in [6.07, 6.45) is 6.90. The molecule has 3 N–H and O–H groups in total. The van der Waals surface area contributed by atoms with Gasteiger partial charge in [-0.05, 0) is 108 Å². The normalized spacial score (nSPS) is 14.9. The lowest BCUT2D eigenvalue weighted by Gasteiger charge is -2.18. The second-order valence-corrected chi connectivity index (χ2v) is 13.7. The number of aryl methyl sites for hydroxylation is 2. The number of carbonyl (C=O) groups excluding carboxylic acids is 4. The average molecular weight is 759 g/mol. The lowest BCUT2D eigenvalue weighted by molar-refractivity contribution is -0.116. The van der Waals surface area contributed by atoms with E-state index in [0.717, 1.165) is 57.6 Å². The van der Waals surface area contributed by atoms with Crippen LogP contribution in [-0.4, -0.2) is 77.8 Å². The molecule has 0 bridgehead atoms. The summed E-state index contributed by atoms with van der Waals surface area (Å²) in [4.78, 5) is 58.0. The molecule has 0 unspecified atom stereocenters. The number of hydrogen-bond donors (Lipinski definition) is 3. The summed E-state index contributed by atoms with van der Waals surface area (Å²) >= 11 is 1.75. The molecule has 4 aromatic rings. The fraction of sp³-hybridized carbons (Fsp3) is 0.211. The van der Waals surface area contributed by atoms with Crippen molar-refractivity contribution in [1.82, 2.24) is 20.6 Å². The Morgan fingerprint density at radius 2 is 1.15 bits per heavy atom. The third kappa shape index (κ3) is 13.2. The Morgan fingerprint density at radius 3 is 1.55 bits per heavy atom. The Balaban J connectivity index is 0.000000196. The van der Waals surface area contributed by atoms with E-state index in [0.29, 0.717) is 35.1 Å². The van der Waals surface area contributed by atoms with Crippen LogP contribution in [0.2, 0.25) is 0 Å². The standard InChI is InChI=1S/C19H19N3O3S.C10H6FNO2S.C9H14N2O/c1-13-3-8-17(20-12-13)22(2)9-10-25-15-6-4-14(5-7-15)11-16-18(23)21-19(24)26-16;11-7-3-1-6(2-4-7)5-8-9(13)12-10(14)15-8;1-8-3-4-9(10-7-8)11(2)5-6-12/h3-8,11-12H,9-10H2,1-2H3,(H,21,23,24);1-5H,(H,12,13,14);3-4,7,12H,5-6H2,1-2H3/b16-11-;8-5-;. The van der Waals surface area contributed by atoms with Crippen molar-refractivity contribution in [3.63, 3.8) is 0 Å². The number of carbonyl (C=O) groups is 4. The van der Waals surface area contributed by atoms with Crippen LogP contribution in [-0.2, 0) is 9.59 Å². The topological polar surface area (TPSA) is 154 Å². The van der Waals surface area contributed by atoms with E-state index in [1.54, 1.807) is 24.3 Å². The number of nitrogens with one attached hydrogen (secondary N) is 2. The van der Waals surface area contributed by atoms with Gasteiger partial charge in [0.05, 0.1) is 23.0 Å². The van der Waals surface area contributed by atoms with Crippen molar-refractivity contribution >= 4 is 69.6 Å². The molecule has 12 nitrogen and oxygen atoms in total. The Bertz CT molecular complexity index is 1940. The summed E-state index contributed by atoms with van der Waals surface area (Å²) < 4.78 is 18.3. The molecule has 0 radical (unpaired) electrons. The molecule has 53 heavy (non-hydrogen) atoms. The molecular formula is C38H39FN6O6S2. The van der Waals surface area contributed by atoms with E-state index in [1.807, 2.05) is 98.7 Å². The van der Waals surface area contributed by atoms with E-state index in [-0.39, 0.29) is 28.8 Å². The fourth-order valence-electron chi connectivity index (χ4n) is 4.42. The number of aliphatic hydroxyl groups excluding tert-OH is 1. The van der Waals surface area contributed by atoms with Crippen molar-refractivity contribution in [2.45, 2.75) is 13.8 Å². The number of likely N-dealkylation sites (N-methyl/N-ethyl adjacent to an activating group) is 2. The maximum absolute atomic E-state index is 12.6. The van der Waals surface area contributed by atoms with Crippen LogP contribution in [0.1, 0.15) is 22.3 Å². The van der Waals surface area contributed by atoms with Gasteiger partial charge in [0, 0.05) is 33.0 Å². The van der Waals surface area contributed by atoms with E-state index in [9.17, 15) is 23.6 Å². The van der Waals surface area contributed by atoms with E-state index in [2.05, 4.69) is 20.6 Å². The number of hydrogen-bond acceptors (Lipinski definition) is 12. The highest BCUT2D eigenvalue weighted by Crippen LogP contribution is 2.27. The van der Waals surface area contributed by atoms with Crippen LogP contribution in [0.25, 0.3) is 12.2 Å². The van der Waals surface area contributed by atoms with Gasteiger partial charge in [-0.3, -0.25) is 29.8 Å². The summed E-state index contributed by atoms with van der Waals surface area (Å²) in [5.41, 5.74) is 3.80. The zero-order valence-corrected chi connectivity index (χ0v) is 31.2. The van der Waals surface area contributed by atoms with E-state index >= 15 is 0 Å². The van der Waals surface area contributed by atoms with Crippen molar-refractivity contribution in [2.75, 3.05) is 50.2 Å². The van der Waals surface area contributed by atoms with Crippen molar-refractivity contribution < 1.29 is 33.4 Å². The first kappa shape index (κ1) is 40.3. The lowest BCUT2D eigenvalue weighted by Crippen LogP contribution is -2.24. The smallest absolute Gasteiger partial charge is 0.290 e. The Morgan fingerprint density at radius 1 is 0.698 bits per heavy atom. The molecule has 0 saturated carbocycles. The molecule has 2 aromatic carbocycles. The minimum Gasteiger partial charge on any atom is -0.492 e. The first-order chi connectivity index (χ1) is 25.4. The Hall–Kier alpha value is -5.51. The number of imide groups is 2. The van der Waals surface area contributed by atoms with Gasteiger partial charge in [-0.15, -0.1) is 0 Å². The second-order valence-electron chi connectivity index (χ2n) is 11.6. The molecule has 276 valence electrons. The van der Waals surface area contributed by atoms with Gasteiger partial charge in [-0.1, -0.05) is 36.4 Å². The summed E-state index contributed by atoms with van der Waals surface area (Å²) in [7, 11) is 3.88. The number of amides is 4. The minimum atomic E-state index is -0.408. The quantitative estimate of drug-likeness (QED) is 0.158. The predicted molar refractivity (Wildman–Crippen MR) is 208 cm³/mol. The van der Waals surface area contributed by atoms with Crippen molar-refractivity contribution in [1.29, 1.82) is 0 Å². The van der Waals surface area contributed by atoms with Crippen molar-refractivity contribution in [2.24, 2.45) is 0 Å². The number of thioether (sulfide) groups is 2. The van der Waals surface area contributed by atoms with E-state index < -0.39 is 5.91 Å². The summed E-state index contributed by atoms with van der Waals surface area (Å²) in [5, 5.41) is 12.3. The zero-order chi connectivity index (χ0) is 38.3. The van der Waals surface area contributed by atoms with Gasteiger partial charge >= 0.3 is 0 Å². The third-order valence-electron chi connectivity index (χ3n) is 7.33. The Kier molecular flexibility index (Phi) is 15.1. The molecule has 2 aliphatic heterocycles. The summed E-state index contributed by atoms with van der Waals surface area (Å²) in [6, 6.07) is 21.0. The number of nitrogens with zero attached hydrogens (tertiary/aromatic N) is 4. The maximum Gasteiger partial charge on any atom is 0.290 e. The molecule has 6 rings (SSSR count). The van der Waals surface area contributed by atoms with Gasteiger partial charge < -0.3 is 19.6 Å². The minimum absolute atomic E-state index is 0.159. The number of aliphatic hydroxyl groups is 1. The zero-order valence-electron chi connectivity index (χ0n) is 29.5. The molecule has 4 amide bonds. The average Bonchev–Trinajstić information content (AvgIpc) is 3.63. The third-order valence-corrected chi connectivity index (χ3v) is 8.96. The summed E-state index contributed by atoms with van der Waals surface area (Å²) in [5.74, 6) is 1.45. The molecule has 0 aliphatic carbocycles. The van der Waals surface area contributed by atoms with Crippen LogP contribution >= 0.6 is 23.5 Å². The highest BCUT2D eigenvalue weighted by molar-refractivity contribution is 8.18. The molecule has 0 spiro atoms. The van der Waals surface area contributed by atoms with Crippen LogP contribution in [0.15, 0.2) is 95.0 Å². The fourth-order valence-corrected chi connectivity index (χ4v) is 5.78. The van der Waals surface area contributed by atoms with Gasteiger partial charge in [-0.2, -0.15) is 0 Å². The van der Waals surface area contributed by atoms with Gasteiger partial charge in [-0.25, -0.2) is 14.4 Å². The van der Waals surface area contributed by atoms with Crippen molar-refractivity contribution in [3.8, 4) is 5.75 Å². The number of rotatable bonds is 10. The highest BCUT2D eigenvalue weighted by atomic mass is 32.2. The lowest BCUT2D eigenvalue weighted by atomic mass is 10.2. The monoisotopic (exact) mass is 758 g/mol. The molecular weight excluding hydrogens is 720 g/mol. The number of pyridine rings is 2. The van der Waals surface area contributed by atoms with Crippen molar-refractivity contribution in [3.05, 3.63) is 123 Å². The van der Waals surface area contributed by atoms with E-state index in [1.165, 1.54) is 12.1 Å².